The molecule has 1 atom stereocenters. The standard InChI is InChI=1S/C9H9N3S2/c1-2-6(9-10-4-5-13-9)8-7(3-1)11-14-12-8/h1-3,9-10H,4-5H2. The van der Waals surface area contributed by atoms with Crippen molar-refractivity contribution in [2.45, 2.75) is 5.37 Å². The van der Waals surface area contributed by atoms with Crippen molar-refractivity contribution < 1.29 is 0 Å². The van der Waals surface area contributed by atoms with Crippen LogP contribution < -0.4 is 5.32 Å². The number of hydrogen-bond acceptors (Lipinski definition) is 5. The van der Waals surface area contributed by atoms with Crippen LogP contribution in [0.25, 0.3) is 11.0 Å². The van der Waals surface area contributed by atoms with Crippen LogP contribution in [-0.2, 0) is 0 Å². The van der Waals surface area contributed by atoms with Crippen molar-refractivity contribution in [3.8, 4) is 0 Å². The summed E-state index contributed by atoms with van der Waals surface area (Å²) in [6.45, 7) is 1.09. The molecule has 0 aliphatic carbocycles. The van der Waals surface area contributed by atoms with E-state index in [0.717, 1.165) is 17.6 Å². The van der Waals surface area contributed by atoms with Gasteiger partial charge in [-0.1, -0.05) is 12.1 Å². The second kappa shape index (κ2) is 3.49. The zero-order chi connectivity index (χ0) is 9.38. The SMILES string of the molecule is c1cc(C2NCCS2)c2nsnc2c1. The summed E-state index contributed by atoms with van der Waals surface area (Å²) in [6.07, 6.45) is 0. The van der Waals surface area contributed by atoms with E-state index in [9.17, 15) is 0 Å². The highest BCUT2D eigenvalue weighted by Crippen LogP contribution is 2.33. The van der Waals surface area contributed by atoms with Crippen LogP contribution in [0.2, 0.25) is 0 Å². The first-order valence-electron chi connectivity index (χ1n) is 4.51. The Morgan fingerprint density at radius 1 is 1.36 bits per heavy atom. The third-order valence-electron chi connectivity index (χ3n) is 2.32. The summed E-state index contributed by atoms with van der Waals surface area (Å²) in [4.78, 5) is 0. The highest BCUT2D eigenvalue weighted by Gasteiger charge is 2.19. The fourth-order valence-corrected chi connectivity index (χ4v) is 3.30. The average molecular weight is 223 g/mol. The van der Waals surface area contributed by atoms with Gasteiger partial charge in [-0.3, -0.25) is 0 Å². The van der Waals surface area contributed by atoms with Gasteiger partial charge in [-0.2, -0.15) is 8.75 Å². The van der Waals surface area contributed by atoms with E-state index in [-0.39, 0.29) is 0 Å². The van der Waals surface area contributed by atoms with Gasteiger partial charge in [0.2, 0.25) is 0 Å². The predicted octanol–water partition coefficient (Wildman–Crippen LogP) is 2.03. The van der Waals surface area contributed by atoms with E-state index >= 15 is 0 Å². The maximum Gasteiger partial charge on any atom is 0.110 e. The summed E-state index contributed by atoms with van der Waals surface area (Å²) in [6, 6.07) is 6.21. The Morgan fingerprint density at radius 3 is 3.21 bits per heavy atom. The largest absolute Gasteiger partial charge is 0.301 e. The Labute approximate surface area is 90.2 Å². The summed E-state index contributed by atoms with van der Waals surface area (Å²) < 4.78 is 8.58. The first-order valence-corrected chi connectivity index (χ1v) is 6.29. The van der Waals surface area contributed by atoms with Crippen molar-refractivity contribution in [3.63, 3.8) is 0 Å². The molecule has 0 amide bonds. The summed E-state index contributed by atoms with van der Waals surface area (Å²) in [5, 5.41) is 3.86. The molecule has 1 aromatic heterocycles. The smallest absolute Gasteiger partial charge is 0.110 e. The molecule has 0 bridgehead atoms. The van der Waals surface area contributed by atoms with Crippen molar-refractivity contribution in [2.75, 3.05) is 12.3 Å². The minimum absolute atomic E-state index is 0.405. The number of nitrogens with zero attached hydrogens (tertiary/aromatic N) is 2. The lowest BCUT2D eigenvalue weighted by atomic mass is 10.2. The van der Waals surface area contributed by atoms with Gasteiger partial charge >= 0.3 is 0 Å². The van der Waals surface area contributed by atoms with Crippen LogP contribution in [0.3, 0.4) is 0 Å². The molecule has 72 valence electrons. The number of rotatable bonds is 1. The molecule has 0 saturated carbocycles. The normalized spacial score (nSPS) is 21.9. The highest BCUT2D eigenvalue weighted by molar-refractivity contribution is 7.99. The molecule has 1 saturated heterocycles. The topological polar surface area (TPSA) is 37.8 Å². The summed E-state index contributed by atoms with van der Waals surface area (Å²) >= 11 is 3.23. The van der Waals surface area contributed by atoms with Gasteiger partial charge < -0.3 is 5.32 Å². The first-order chi connectivity index (χ1) is 6.95. The molecular formula is C9H9N3S2. The van der Waals surface area contributed by atoms with Crippen molar-refractivity contribution in [3.05, 3.63) is 23.8 Å². The summed E-state index contributed by atoms with van der Waals surface area (Å²) in [5.74, 6) is 1.18. The fraction of sp³-hybridized carbons (Fsp3) is 0.333. The number of benzene rings is 1. The van der Waals surface area contributed by atoms with Crippen molar-refractivity contribution >= 4 is 34.5 Å². The number of aromatic nitrogens is 2. The zero-order valence-electron chi connectivity index (χ0n) is 7.43. The van der Waals surface area contributed by atoms with Crippen LogP contribution in [0.5, 0.6) is 0 Å². The Kier molecular flexibility index (Phi) is 2.15. The molecule has 2 heterocycles. The fourth-order valence-electron chi connectivity index (χ4n) is 1.66. The molecular weight excluding hydrogens is 214 g/mol. The molecule has 3 rings (SSSR count). The van der Waals surface area contributed by atoms with E-state index in [1.807, 2.05) is 17.8 Å². The Balaban J connectivity index is 2.14. The van der Waals surface area contributed by atoms with Gasteiger partial charge in [-0.15, -0.1) is 11.8 Å². The number of nitrogens with one attached hydrogen (secondary N) is 1. The average Bonchev–Trinajstić information content (AvgIpc) is 2.88. The molecule has 1 N–H and O–H groups in total. The predicted molar refractivity (Wildman–Crippen MR) is 60.6 cm³/mol. The zero-order valence-corrected chi connectivity index (χ0v) is 9.07. The molecule has 5 heteroatoms. The molecule has 0 radical (unpaired) electrons. The summed E-state index contributed by atoms with van der Waals surface area (Å²) in [7, 11) is 0. The molecule has 1 aliphatic heterocycles. The molecule has 1 unspecified atom stereocenters. The third-order valence-corrected chi connectivity index (χ3v) is 4.05. The molecule has 1 fully saturated rings. The summed E-state index contributed by atoms with van der Waals surface area (Å²) in [5.41, 5.74) is 3.35. The Bertz CT molecular complexity index is 448. The van der Waals surface area contributed by atoms with Crippen LogP contribution >= 0.6 is 23.5 Å². The van der Waals surface area contributed by atoms with E-state index in [2.05, 4.69) is 26.2 Å². The van der Waals surface area contributed by atoms with Crippen LogP contribution in [0.1, 0.15) is 10.9 Å². The maximum atomic E-state index is 4.34. The molecule has 1 aromatic carbocycles. The van der Waals surface area contributed by atoms with Gasteiger partial charge in [0.05, 0.1) is 17.1 Å². The van der Waals surface area contributed by atoms with Crippen molar-refractivity contribution in [1.82, 2.24) is 14.1 Å². The van der Waals surface area contributed by atoms with Gasteiger partial charge in [0.1, 0.15) is 11.0 Å². The van der Waals surface area contributed by atoms with E-state index in [1.54, 1.807) is 0 Å². The van der Waals surface area contributed by atoms with Crippen molar-refractivity contribution in [1.29, 1.82) is 0 Å². The number of hydrogen-bond donors (Lipinski definition) is 1. The van der Waals surface area contributed by atoms with Crippen LogP contribution in [0.15, 0.2) is 18.2 Å². The molecule has 2 aromatic rings. The molecule has 0 spiro atoms. The van der Waals surface area contributed by atoms with Crippen molar-refractivity contribution in [2.24, 2.45) is 0 Å². The van der Waals surface area contributed by atoms with Gasteiger partial charge in [0.15, 0.2) is 0 Å². The maximum absolute atomic E-state index is 4.34. The van der Waals surface area contributed by atoms with Gasteiger partial charge in [-0.25, -0.2) is 0 Å². The monoisotopic (exact) mass is 223 g/mol. The van der Waals surface area contributed by atoms with E-state index in [0.29, 0.717) is 5.37 Å². The second-order valence-electron chi connectivity index (χ2n) is 3.18. The van der Waals surface area contributed by atoms with Gasteiger partial charge in [-0.05, 0) is 6.07 Å². The Hall–Kier alpha value is -0.650. The lowest BCUT2D eigenvalue weighted by Gasteiger charge is -2.09. The number of fused-ring (bicyclic) bond motifs is 1. The van der Waals surface area contributed by atoms with Crippen LogP contribution in [-0.4, -0.2) is 21.0 Å². The second-order valence-corrected chi connectivity index (χ2v) is 4.93. The van der Waals surface area contributed by atoms with Gasteiger partial charge in [0.25, 0.3) is 0 Å². The third kappa shape index (κ3) is 1.32. The molecule has 3 nitrogen and oxygen atoms in total. The van der Waals surface area contributed by atoms with Crippen LogP contribution in [0.4, 0.5) is 0 Å². The molecule has 14 heavy (non-hydrogen) atoms. The lowest BCUT2D eigenvalue weighted by Crippen LogP contribution is -2.12. The van der Waals surface area contributed by atoms with Crippen LogP contribution in [0, 0.1) is 0 Å². The minimum atomic E-state index is 0.405. The van der Waals surface area contributed by atoms with E-state index < -0.39 is 0 Å². The first kappa shape index (κ1) is 8.64. The van der Waals surface area contributed by atoms with Gasteiger partial charge in [0, 0.05) is 17.9 Å². The lowest BCUT2D eigenvalue weighted by molar-refractivity contribution is 0.754. The van der Waals surface area contributed by atoms with E-state index in [4.69, 9.17) is 0 Å². The Morgan fingerprint density at radius 2 is 2.36 bits per heavy atom. The van der Waals surface area contributed by atoms with E-state index in [1.165, 1.54) is 23.0 Å². The minimum Gasteiger partial charge on any atom is -0.301 e. The quantitative estimate of drug-likeness (QED) is 0.802. The highest BCUT2D eigenvalue weighted by atomic mass is 32.2. The number of thioether (sulfide) groups is 1. The molecule has 1 aliphatic rings.